The van der Waals surface area contributed by atoms with E-state index in [-0.39, 0.29) is 6.04 Å². The van der Waals surface area contributed by atoms with Gasteiger partial charge < -0.3 is 10.2 Å². The third kappa shape index (κ3) is 2.21. The number of rotatable bonds is 3. The summed E-state index contributed by atoms with van der Waals surface area (Å²) in [6.07, 6.45) is 3.94. The molecule has 2 N–H and O–H groups in total. The lowest BCUT2D eigenvalue weighted by Crippen LogP contribution is -2.18. The van der Waals surface area contributed by atoms with E-state index in [4.69, 9.17) is 10.2 Å². The van der Waals surface area contributed by atoms with Gasteiger partial charge in [0.2, 0.25) is 0 Å². The van der Waals surface area contributed by atoms with Crippen LogP contribution in [0, 0.1) is 13.8 Å². The summed E-state index contributed by atoms with van der Waals surface area (Å²) in [7, 11) is 0. The smallest absolute Gasteiger partial charge is 0.106 e. The second-order valence-corrected chi connectivity index (χ2v) is 5.60. The Morgan fingerprint density at radius 1 is 1.16 bits per heavy atom. The van der Waals surface area contributed by atoms with Crippen LogP contribution in [0.5, 0.6) is 0 Å². The first kappa shape index (κ1) is 12.5. The van der Waals surface area contributed by atoms with Gasteiger partial charge in [-0.15, -0.1) is 0 Å². The molecule has 2 nitrogen and oxygen atoms in total. The van der Waals surface area contributed by atoms with Gasteiger partial charge in [0.05, 0.1) is 6.04 Å². The third-order valence-electron chi connectivity index (χ3n) is 4.29. The van der Waals surface area contributed by atoms with Crippen molar-refractivity contribution in [1.82, 2.24) is 0 Å². The summed E-state index contributed by atoms with van der Waals surface area (Å²) < 4.78 is 5.62. The van der Waals surface area contributed by atoms with E-state index in [0.29, 0.717) is 5.92 Å². The zero-order valence-electron chi connectivity index (χ0n) is 11.6. The molecule has 1 aliphatic carbocycles. The van der Waals surface area contributed by atoms with Gasteiger partial charge in [-0.3, -0.25) is 0 Å². The van der Waals surface area contributed by atoms with Crippen molar-refractivity contribution in [3.8, 4) is 0 Å². The van der Waals surface area contributed by atoms with Crippen LogP contribution in [0.4, 0.5) is 0 Å². The molecule has 0 spiro atoms. The van der Waals surface area contributed by atoms with Crippen LogP contribution >= 0.6 is 0 Å². The van der Waals surface area contributed by atoms with Gasteiger partial charge in [0.25, 0.3) is 0 Å². The Balaban J connectivity index is 1.99. The molecule has 19 heavy (non-hydrogen) atoms. The molecule has 100 valence electrons. The van der Waals surface area contributed by atoms with Gasteiger partial charge in [0.15, 0.2) is 0 Å². The maximum atomic E-state index is 6.49. The molecule has 0 bridgehead atoms. The molecule has 0 radical (unpaired) electrons. The highest BCUT2D eigenvalue weighted by Gasteiger charge is 2.25. The minimum Gasteiger partial charge on any atom is -0.466 e. The Labute approximate surface area is 114 Å². The van der Waals surface area contributed by atoms with Crippen LogP contribution in [0.3, 0.4) is 0 Å². The summed E-state index contributed by atoms with van der Waals surface area (Å²) in [4.78, 5) is 0. The van der Waals surface area contributed by atoms with Gasteiger partial charge in [0, 0.05) is 5.56 Å². The number of benzene rings is 1. The van der Waals surface area contributed by atoms with E-state index in [1.165, 1.54) is 30.4 Å². The van der Waals surface area contributed by atoms with Crippen molar-refractivity contribution < 1.29 is 4.42 Å². The summed E-state index contributed by atoms with van der Waals surface area (Å²) in [5, 5.41) is 0. The minimum atomic E-state index is -0.0748. The normalized spacial score (nSPS) is 17.2. The fourth-order valence-corrected chi connectivity index (χ4v) is 3.01. The molecular weight excluding hydrogens is 234 g/mol. The molecule has 1 aliphatic rings. The Kier molecular flexibility index (Phi) is 3.19. The van der Waals surface area contributed by atoms with Crippen molar-refractivity contribution in [3.05, 3.63) is 58.5 Å². The first-order chi connectivity index (χ1) is 9.16. The van der Waals surface area contributed by atoms with E-state index >= 15 is 0 Å². The van der Waals surface area contributed by atoms with E-state index in [9.17, 15) is 0 Å². The summed E-state index contributed by atoms with van der Waals surface area (Å²) in [6, 6.07) is 10.6. The van der Waals surface area contributed by atoms with Crippen molar-refractivity contribution in [1.29, 1.82) is 0 Å². The van der Waals surface area contributed by atoms with E-state index in [0.717, 1.165) is 17.1 Å². The highest BCUT2D eigenvalue weighted by molar-refractivity contribution is 5.41. The summed E-state index contributed by atoms with van der Waals surface area (Å²) in [6.45, 7) is 3.97. The number of aryl methyl sites for hydroxylation is 2. The zero-order valence-corrected chi connectivity index (χ0v) is 11.6. The molecule has 2 aromatic rings. The SMILES string of the molecule is Cc1cc(C(N)c2ccccc2C2CCC2)c(C)o1. The Hall–Kier alpha value is -1.54. The van der Waals surface area contributed by atoms with E-state index < -0.39 is 0 Å². The molecule has 2 heteroatoms. The van der Waals surface area contributed by atoms with Crippen molar-refractivity contribution >= 4 is 0 Å². The molecule has 3 rings (SSSR count). The maximum absolute atomic E-state index is 6.49. The van der Waals surface area contributed by atoms with E-state index in [1.54, 1.807) is 0 Å². The molecule has 1 heterocycles. The highest BCUT2D eigenvalue weighted by Crippen LogP contribution is 2.40. The van der Waals surface area contributed by atoms with Gasteiger partial charge >= 0.3 is 0 Å². The Bertz CT molecular complexity index is 581. The van der Waals surface area contributed by atoms with Crippen molar-refractivity contribution in [2.75, 3.05) is 0 Å². The largest absolute Gasteiger partial charge is 0.466 e. The quantitative estimate of drug-likeness (QED) is 0.892. The topological polar surface area (TPSA) is 39.2 Å². The van der Waals surface area contributed by atoms with Crippen molar-refractivity contribution in [2.24, 2.45) is 5.73 Å². The van der Waals surface area contributed by atoms with Crippen LogP contribution in [-0.4, -0.2) is 0 Å². The minimum absolute atomic E-state index is 0.0748. The molecule has 1 atom stereocenters. The summed E-state index contributed by atoms with van der Waals surface area (Å²) in [5.41, 5.74) is 10.3. The van der Waals surface area contributed by atoms with Crippen LogP contribution in [0.2, 0.25) is 0 Å². The average Bonchev–Trinajstić information content (AvgIpc) is 2.66. The molecule has 0 aliphatic heterocycles. The van der Waals surface area contributed by atoms with Crippen molar-refractivity contribution in [3.63, 3.8) is 0 Å². The molecule has 0 amide bonds. The maximum Gasteiger partial charge on any atom is 0.106 e. The van der Waals surface area contributed by atoms with Gasteiger partial charge in [-0.05, 0) is 49.8 Å². The molecule has 0 saturated heterocycles. The van der Waals surface area contributed by atoms with E-state index in [2.05, 4.69) is 30.3 Å². The molecule has 1 aromatic carbocycles. The molecule has 1 aromatic heterocycles. The second-order valence-electron chi connectivity index (χ2n) is 5.60. The highest BCUT2D eigenvalue weighted by atomic mass is 16.3. The van der Waals surface area contributed by atoms with Crippen molar-refractivity contribution in [2.45, 2.75) is 45.1 Å². The first-order valence-electron chi connectivity index (χ1n) is 7.08. The van der Waals surface area contributed by atoms with Gasteiger partial charge in [-0.2, -0.15) is 0 Å². The number of nitrogens with two attached hydrogens (primary N) is 1. The molecule has 1 saturated carbocycles. The number of hydrogen-bond acceptors (Lipinski definition) is 2. The van der Waals surface area contributed by atoms with Crippen LogP contribution in [-0.2, 0) is 0 Å². The number of furan rings is 1. The molecule has 1 unspecified atom stereocenters. The predicted molar refractivity (Wildman–Crippen MR) is 77.2 cm³/mol. The summed E-state index contributed by atoms with van der Waals surface area (Å²) in [5.74, 6) is 2.58. The van der Waals surface area contributed by atoms with Gasteiger partial charge in [-0.1, -0.05) is 30.7 Å². The monoisotopic (exact) mass is 255 g/mol. The Morgan fingerprint density at radius 2 is 1.89 bits per heavy atom. The molecular formula is C17H21NO. The van der Waals surface area contributed by atoms with Crippen LogP contribution in [0.25, 0.3) is 0 Å². The summed E-state index contributed by atoms with van der Waals surface area (Å²) >= 11 is 0. The molecule has 1 fully saturated rings. The lowest BCUT2D eigenvalue weighted by atomic mass is 9.76. The average molecular weight is 255 g/mol. The second kappa shape index (κ2) is 4.86. The van der Waals surface area contributed by atoms with Gasteiger partial charge in [0.1, 0.15) is 11.5 Å². The zero-order chi connectivity index (χ0) is 13.4. The van der Waals surface area contributed by atoms with E-state index in [1.807, 2.05) is 13.8 Å². The standard InChI is InChI=1S/C17H21NO/c1-11-10-16(12(2)19-11)17(18)15-9-4-3-8-14(15)13-6-5-7-13/h3-4,8-10,13,17H,5-7,18H2,1-2H3. The Morgan fingerprint density at radius 3 is 2.47 bits per heavy atom. The first-order valence-corrected chi connectivity index (χ1v) is 7.08. The lowest BCUT2D eigenvalue weighted by molar-refractivity contribution is 0.416. The van der Waals surface area contributed by atoms with Crippen LogP contribution < -0.4 is 5.73 Å². The van der Waals surface area contributed by atoms with Crippen LogP contribution in [0.1, 0.15) is 59.4 Å². The van der Waals surface area contributed by atoms with Crippen LogP contribution in [0.15, 0.2) is 34.7 Å². The lowest BCUT2D eigenvalue weighted by Gasteiger charge is -2.29. The fraction of sp³-hybridized carbons (Fsp3) is 0.412. The number of hydrogen-bond donors (Lipinski definition) is 1. The predicted octanol–water partition coefficient (Wildman–Crippen LogP) is 4.21. The van der Waals surface area contributed by atoms with Gasteiger partial charge in [-0.25, -0.2) is 0 Å². The fourth-order valence-electron chi connectivity index (χ4n) is 3.01. The third-order valence-corrected chi connectivity index (χ3v) is 4.29.